The second-order valence-electron chi connectivity index (χ2n) is 5.41. The first kappa shape index (κ1) is 14.5. The molecule has 1 aliphatic carbocycles. The zero-order chi connectivity index (χ0) is 14.5. The minimum atomic E-state index is -0.462. The molecule has 1 aliphatic rings. The molecule has 0 bridgehead atoms. The lowest BCUT2D eigenvalue weighted by Crippen LogP contribution is -2.37. The third kappa shape index (κ3) is 3.81. The Kier molecular flexibility index (Phi) is 4.74. The summed E-state index contributed by atoms with van der Waals surface area (Å²) in [5.41, 5.74) is 12.4. The number of carbonyl (C=O) groups is 2. The van der Waals surface area contributed by atoms with E-state index in [0.29, 0.717) is 12.1 Å². The Labute approximate surface area is 118 Å². The average molecular weight is 275 g/mol. The van der Waals surface area contributed by atoms with Gasteiger partial charge in [0, 0.05) is 24.1 Å². The van der Waals surface area contributed by atoms with Gasteiger partial charge < -0.3 is 16.8 Å². The standard InChI is InChI=1S/C15H21N3O2/c16-13-6-2-5-12(8-13)15(20)18-9-10-3-1-4-11(7-10)14(17)19/h1,3-4,7,12-13H,2,5-6,8-9,16H2,(H2,17,19)(H,18,20). The fourth-order valence-electron chi connectivity index (χ4n) is 2.63. The molecule has 0 aliphatic heterocycles. The first-order chi connectivity index (χ1) is 9.56. The summed E-state index contributed by atoms with van der Waals surface area (Å²) in [4.78, 5) is 23.2. The van der Waals surface area contributed by atoms with E-state index < -0.39 is 5.91 Å². The molecule has 0 radical (unpaired) electrons. The number of benzene rings is 1. The number of hydrogen-bond donors (Lipinski definition) is 3. The quantitative estimate of drug-likeness (QED) is 0.762. The molecule has 5 heteroatoms. The molecule has 2 amide bonds. The number of primary amides is 1. The van der Waals surface area contributed by atoms with Crippen molar-refractivity contribution in [3.8, 4) is 0 Å². The molecular weight excluding hydrogens is 254 g/mol. The summed E-state index contributed by atoms with van der Waals surface area (Å²) in [6, 6.07) is 7.12. The van der Waals surface area contributed by atoms with Gasteiger partial charge in [-0.05, 0) is 37.0 Å². The van der Waals surface area contributed by atoms with Gasteiger partial charge in [0.25, 0.3) is 0 Å². The van der Waals surface area contributed by atoms with Crippen molar-refractivity contribution >= 4 is 11.8 Å². The monoisotopic (exact) mass is 275 g/mol. The maximum absolute atomic E-state index is 12.1. The molecule has 20 heavy (non-hydrogen) atoms. The molecule has 5 nitrogen and oxygen atoms in total. The fourth-order valence-corrected chi connectivity index (χ4v) is 2.63. The van der Waals surface area contributed by atoms with E-state index in [1.807, 2.05) is 6.07 Å². The van der Waals surface area contributed by atoms with Gasteiger partial charge >= 0.3 is 0 Å². The van der Waals surface area contributed by atoms with Gasteiger partial charge in [0.1, 0.15) is 0 Å². The van der Waals surface area contributed by atoms with E-state index in [1.165, 1.54) is 0 Å². The minimum absolute atomic E-state index is 0.0121. The Morgan fingerprint density at radius 3 is 2.80 bits per heavy atom. The van der Waals surface area contributed by atoms with Gasteiger partial charge in [-0.15, -0.1) is 0 Å². The summed E-state index contributed by atoms with van der Waals surface area (Å²) < 4.78 is 0. The average Bonchev–Trinajstić information content (AvgIpc) is 2.45. The Morgan fingerprint density at radius 2 is 2.10 bits per heavy atom. The second kappa shape index (κ2) is 6.52. The first-order valence-corrected chi connectivity index (χ1v) is 6.98. The predicted octanol–water partition coefficient (Wildman–Crippen LogP) is 0.919. The number of rotatable bonds is 4. The predicted molar refractivity (Wildman–Crippen MR) is 76.7 cm³/mol. The van der Waals surface area contributed by atoms with E-state index in [2.05, 4.69) is 5.32 Å². The molecule has 5 N–H and O–H groups in total. The van der Waals surface area contributed by atoms with Crippen LogP contribution in [-0.2, 0) is 11.3 Å². The molecule has 108 valence electrons. The van der Waals surface area contributed by atoms with Crippen molar-refractivity contribution in [2.75, 3.05) is 0 Å². The first-order valence-electron chi connectivity index (χ1n) is 6.98. The van der Waals surface area contributed by atoms with E-state index in [9.17, 15) is 9.59 Å². The summed E-state index contributed by atoms with van der Waals surface area (Å²) in [5, 5.41) is 2.91. The van der Waals surface area contributed by atoms with Gasteiger partial charge in [-0.2, -0.15) is 0 Å². The highest BCUT2D eigenvalue weighted by atomic mass is 16.2. The number of nitrogens with two attached hydrogens (primary N) is 2. The molecule has 2 rings (SSSR count). The van der Waals surface area contributed by atoms with Crippen LogP contribution in [0.15, 0.2) is 24.3 Å². The normalized spacial score (nSPS) is 22.2. The molecule has 2 unspecified atom stereocenters. The van der Waals surface area contributed by atoms with Crippen LogP contribution in [0.1, 0.15) is 41.6 Å². The van der Waals surface area contributed by atoms with Crippen LogP contribution in [0, 0.1) is 5.92 Å². The van der Waals surface area contributed by atoms with Gasteiger partial charge in [-0.25, -0.2) is 0 Å². The van der Waals surface area contributed by atoms with Gasteiger partial charge in [0.05, 0.1) is 0 Å². The van der Waals surface area contributed by atoms with Gasteiger partial charge in [0.15, 0.2) is 0 Å². The lowest BCUT2D eigenvalue weighted by atomic mass is 9.85. The molecule has 1 aromatic carbocycles. The Bertz CT molecular complexity index is 502. The zero-order valence-corrected chi connectivity index (χ0v) is 11.5. The van der Waals surface area contributed by atoms with Crippen LogP contribution in [0.25, 0.3) is 0 Å². The fraction of sp³-hybridized carbons (Fsp3) is 0.467. The van der Waals surface area contributed by atoms with Gasteiger partial charge in [0.2, 0.25) is 11.8 Å². The lowest BCUT2D eigenvalue weighted by molar-refractivity contribution is -0.126. The van der Waals surface area contributed by atoms with Crippen molar-refractivity contribution in [3.05, 3.63) is 35.4 Å². The molecule has 1 fully saturated rings. The molecule has 0 spiro atoms. The third-order valence-corrected chi connectivity index (χ3v) is 3.76. The summed E-state index contributed by atoms with van der Waals surface area (Å²) in [6.07, 6.45) is 3.68. The molecule has 1 saturated carbocycles. The van der Waals surface area contributed by atoms with Crippen LogP contribution in [0.5, 0.6) is 0 Å². The highest BCUT2D eigenvalue weighted by Gasteiger charge is 2.24. The van der Waals surface area contributed by atoms with Gasteiger partial charge in [-0.1, -0.05) is 18.6 Å². The number of hydrogen-bond acceptors (Lipinski definition) is 3. The SMILES string of the molecule is NC(=O)c1cccc(CNC(=O)C2CCCC(N)C2)c1. The largest absolute Gasteiger partial charge is 0.366 e. The highest BCUT2D eigenvalue weighted by molar-refractivity contribution is 5.92. The summed E-state index contributed by atoms with van der Waals surface area (Å²) in [7, 11) is 0. The second-order valence-corrected chi connectivity index (χ2v) is 5.41. The van der Waals surface area contributed by atoms with Crippen molar-refractivity contribution in [3.63, 3.8) is 0 Å². The number of carbonyl (C=O) groups excluding carboxylic acids is 2. The van der Waals surface area contributed by atoms with Crippen molar-refractivity contribution in [2.24, 2.45) is 17.4 Å². The van der Waals surface area contributed by atoms with Crippen molar-refractivity contribution in [1.29, 1.82) is 0 Å². The molecular formula is C15H21N3O2. The van der Waals surface area contributed by atoms with Crippen LogP contribution in [0.4, 0.5) is 0 Å². The summed E-state index contributed by atoms with van der Waals surface area (Å²) in [6.45, 7) is 0.408. The van der Waals surface area contributed by atoms with Crippen LogP contribution in [-0.4, -0.2) is 17.9 Å². The maximum atomic E-state index is 12.1. The van der Waals surface area contributed by atoms with Crippen LogP contribution in [0.3, 0.4) is 0 Å². The van der Waals surface area contributed by atoms with E-state index in [-0.39, 0.29) is 17.9 Å². The zero-order valence-electron chi connectivity index (χ0n) is 11.5. The van der Waals surface area contributed by atoms with Crippen LogP contribution >= 0.6 is 0 Å². The Balaban J connectivity index is 1.89. The number of nitrogens with one attached hydrogen (secondary N) is 1. The van der Waals surface area contributed by atoms with Crippen molar-refractivity contribution in [1.82, 2.24) is 5.32 Å². The number of amides is 2. The topological polar surface area (TPSA) is 98.2 Å². The Morgan fingerprint density at radius 1 is 1.30 bits per heavy atom. The lowest BCUT2D eigenvalue weighted by Gasteiger charge is -2.25. The van der Waals surface area contributed by atoms with E-state index in [4.69, 9.17) is 11.5 Å². The van der Waals surface area contributed by atoms with Gasteiger partial charge in [-0.3, -0.25) is 9.59 Å². The minimum Gasteiger partial charge on any atom is -0.366 e. The smallest absolute Gasteiger partial charge is 0.248 e. The van der Waals surface area contributed by atoms with Crippen LogP contribution < -0.4 is 16.8 Å². The third-order valence-electron chi connectivity index (χ3n) is 3.76. The molecule has 0 saturated heterocycles. The van der Waals surface area contributed by atoms with Crippen molar-refractivity contribution < 1.29 is 9.59 Å². The summed E-state index contributed by atoms with van der Waals surface area (Å²) in [5.74, 6) is -0.404. The Hall–Kier alpha value is -1.88. The molecule has 1 aromatic rings. The molecule has 0 aromatic heterocycles. The highest BCUT2D eigenvalue weighted by Crippen LogP contribution is 2.23. The maximum Gasteiger partial charge on any atom is 0.248 e. The van der Waals surface area contributed by atoms with Crippen molar-refractivity contribution in [2.45, 2.75) is 38.3 Å². The van der Waals surface area contributed by atoms with Crippen LogP contribution in [0.2, 0.25) is 0 Å². The summed E-state index contributed by atoms with van der Waals surface area (Å²) >= 11 is 0. The van der Waals surface area contributed by atoms with E-state index >= 15 is 0 Å². The molecule has 2 atom stereocenters. The molecule has 0 heterocycles. The van der Waals surface area contributed by atoms with E-state index in [0.717, 1.165) is 31.2 Å². The van der Waals surface area contributed by atoms with E-state index in [1.54, 1.807) is 18.2 Å².